The second-order valence-corrected chi connectivity index (χ2v) is 6.88. The van der Waals surface area contributed by atoms with E-state index in [0.717, 1.165) is 6.42 Å². The highest BCUT2D eigenvalue weighted by molar-refractivity contribution is 8.00. The van der Waals surface area contributed by atoms with Crippen molar-refractivity contribution in [3.8, 4) is 0 Å². The lowest BCUT2D eigenvalue weighted by Crippen LogP contribution is -2.56. The van der Waals surface area contributed by atoms with Crippen molar-refractivity contribution in [3.63, 3.8) is 0 Å². The Morgan fingerprint density at radius 1 is 1.24 bits per heavy atom. The highest BCUT2D eigenvalue weighted by Gasteiger charge is 2.27. The first-order valence-electron chi connectivity index (χ1n) is 8.25. The molecule has 0 radical (unpaired) electrons. The summed E-state index contributed by atoms with van der Waals surface area (Å²) in [6.45, 7) is 0.577. The van der Waals surface area contributed by atoms with Gasteiger partial charge >= 0.3 is 0 Å². The summed E-state index contributed by atoms with van der Waals surface area (Å²) in [5.74, 6) is -0.0750. The van der Waals surface area contributed by atoms with Crippen molar-refractivity contribution in [2.75, 3.05) is 19.3 Å². The number of hydrogen-bond acceptors (Lipinski definition) is 5. The van der Waals surface area contributed by atoms with Gasteiger partial charge in [-0.3, -0.25) is 19.7 Å². The Kier molecular flexibility index (Phi) is 7.75. The van der Waals surface area contributed by atoms with E-state index in [4.69, 9.17) is 0 Å². The van der Waals surface area contributed by atoms with E-state index in [0.29, 0.717) is 6.54 Å². The minimum absolute atomic E-state index is 0.0783. The van der Waals surface area contributed by atoms with Crippen LogP contribution in [0.5, 0.6) is 0 Å². The number of carbonyl (C=O) groups excluding carboxylic acids is 3. The van der Waals surface area contributed by atoms with Gasteiger partial charge in [-0.2, -0.15) is 0 Å². The molecule has 1 aromatic carbocycles. The van der Waals surface area contributed by atoms with Gasteiger partial charge in [0.2, 0.25) is 17.7 Å². The van der Waals surface area contributed by atoms with Gasteiger partial charge in [-0.15, -0.1) is 11.8 Å². The molecular formula is C17H24N4O3S. The number of nitrogens with one attached hydrogen (secondary N) is 4. The molecule has 1 aliphatic heterocycles. The van der Waals surface area contributed by atoms with E-state index in [1.54, 1.807) is 7.05 Å². The molecular weight excluding hydrogens is 340 g/mol. The third kappa shape index (κ3) is 7.15. The molecule has 8 heteroatoms. The number of thioether (sulfide) groups is 1. The lowest BCUT2D eigenvalue weighted by Gasteiger charge is -2.30. The van der Waals surface area contributed by atoms with Crippen LogP contribution in [-0.2, 0) is 20.8 Å². The van der Waals surface area contributed by atoms with E-state index in [2.05, 4.69) is 21.3 Å². The van der Waals surface area contributed by atoms with Gasteiger partial charge in [-0.1, -0.05) is 30.3 Å². The van der Waals surface area contributed by atoms with Crippen molar-refractivity contribution in [1.82, 2.24) is 21.3 Å². The second kappa shape index (κ2) is 10.0. The summed E-state index contributed by atoms with van der Waals surface area (Å²) in [7, 11) is 1.57. The Morgan fingerprint density at radius 2 is 2.00 bits per heavy atom. The average molecular weight is 364 g/mol. The van der Waals surface area contributed by atoms with Gasteiger partial charge < -0.3 is 16.0 Å². The predicted molar refractivity (Wildman–Crippen MR) is 97.8 cm³/mol. The Labute approximate surface area is 151 Å². The molecule has 2 unspecified atom stereocenters. The number of amides is 3. The summed E-state index contributed by atoms with van der Waals surface area (Å²) in [5.41, 5.74) is 0.810. The monoisotopic (exact) mass is 364 g/mol. The summed E-state index contributed by atoms with van der Waals surface area (Å²) in [5, 5.41) is 11.4. The first-order valence-corrected chi connectivity index (χ1v) is 9.30. The Balaban J connectivity index is 1.67. The predicted octanol–water partition coefficient (Wildman–Crippen LogP) is -0.0237. The van der Waals surface area contributed by atoms with Crippen LogP contribution in [-0.4, -0.2) is 48.6 Å². The number of hydrogen-bond donors (Lipinski definition) is 4. The third-order valence-electron chi connectivity index (χ3n) is 3.78. The van der Waals surface area contributed by atoms with Crippen LogP contribution in [0.25, 0.3) is 0 Å². The van der Waals surface area contributed by atoms with Crippen molar-refractivity contribution >= 4 is 29.5 Å². The lowest BCUT2D eigenvalue weighted by molar-refractivity contribution is -0.125. The molecule has 3 amide bonds. The average Bonchev–Trinajstić information content (AvgIpc) is 2.60. The van der Waals surface area contributed by atoms with Gasteiger partial charge in [-0.25, -0.2) is 0 Å². The Bertz CT molecular complexity index is 597. The number of carbonyl (C=O) groups is 3. The largest absolute Gasteiger partial charge is 0.359 e. The fourth-order valence-corrected chi connectivity index (χ4v) is 3.41. The Hall–Kier alpha value is -2.06. The summed E-state index contributed by atoms with van der Waals surface area (Å²) >= 11 is 1.31. The smallest absolute Gasteiger partial charge is 0.230 e. The molecule has 1 aromatic rings. The normalized spacial score (nSPS) is 19.8. The van der Waals surface area contributed by atoms with Crippen LogP contribution in [0.15, 0.2) is 30.3 Å². The van der Waals surface area contributed by atoms with Crippen molar-refractivity contribution < 1.29 is 14.4 Å². The summed E-state index contributed by atoms with van der Waals surface area (Å²) < 4.78 is 0. The van der Waals surface area contributed by atoms with E-state index in [1.807, 2.05) is 30.3 Å². The topological polar surface area (TPSA) is 99.3 Å². The molecule has 4 N–H and O–H groups in total. The molecule has 0 bridgehead atoms. The maximum atomic E-state index is 11.9. The van der Waals surface area contributed by atoms with Gasteiger partial charge in [-0.05, 0) is 12.0 Å². The molecule has 2 atom stereocenters. The van der Waals surface area contributed by atoms with Crippen LogP contribution in [0.3, 0.4) is 0 Å². The first kappa shape index (κ1) is 19.3. The minimum atomic E-state index is -0.365. The molecule has 7 nitrogen and oxygen atoms in total. The number of benzene rings is 1. The van der Waals surface area contributed by atoms with Crippen molar-refractivity contribution in [3.05, 3.63) is 35.9 Å². The molecule has 0 aliphatic carbocycles. The van der Waals surface area contributed by atoms with Gasteiger partial charge in [0.15, 0.2) is 0 Å². The zero-order valence-electron chi connectivity index (χ0n) is 14.2. The van der Waals surface area contributed by atoms with Crippen LogP contribution in [0.4, 0.5) is 0 Å². The van der Waals surface area contributed by atoms with Crippen molar-refractivity contribution in [1.29, 1.82) is 0 Å². The third-order valence-corrected chi connectivity index (χ3v) is 4.80. The molecule has 1 saturated heterocycles. The first-order chi connectivity index (χ1) is 12.1. The Morgan fingerprint density at radius 3 is 2.72 bits per heavy atom. The van der Waals surface area contributed by atoms with E-state index < -0.39 is 0 Å². The van der Waals surface area contributed by atoms with E-state index in [9.17, 15) is 14.4 Å². The van der Waals surface area contributed by atoms with Crippen LogP contribution in [0.1, 0.15) is 18.4 Å². The van der Waals surface area contributed by atoms with Crippen molar-refractivity contribution in [2.45, 2.75) is 30.8 Å². The summed E-state index contributed by atoms with van der Waals surface area (Å²) in [6, 6.07) is 9.73. The molecule has 0 aromatic heterocycles. The quantitative estimate of drug-likeness (QED) is 0.519. The maximum Gasteiger partial charge on any atom is 0.230 e. The SMILES string of the molecule is CNC(=O)CC1CC(=O)NC(SCC(=O)NCCc2ccccc2)N1. The minimum Gasteiger partial charge on any atom is -0.359 e. The summed E-state index contributed by atoms with van der Waals surface area (Å²) in [4.78, 5) is 35.1. The van der Waals surface area contributed by atoms with Gasteiger partial charge in [0.25, 0.3) is 0 Å². The summed E-state index contributed by atoms with van der Waals surface area (Å²) in [6.07, 6.45) is 1.28. The van der Waals surface area contributed by atoms with E-state index in [-0.39, 0.29) is 47.9 Å². The fraction of sp³-hybridized carbons (Fsp3) is 0.471. The van der Waals surface area contributed by atoms with E-state index in [1.165, 1.54) is 17.3 Å². The van der Waals surface area contributed by atoms with E-state index >= 15 is 0 Å². The maximum absolute atomic E-state index is 11.9. The highest BCUT2D eigenvalue weighted by atomic mass is 32.2. The molecule has 1 heterocycles. The molecule has 25 heavy (non-hydrogen) atoms. The molecule has 2 rings (SSSR count). The molecule has 136 valence electrons. The molecule has 0 spiro atoms. The number of rotatable bonds is 8. The van der Waals surface area contributed by atoms with Gasteiger partial charge in [0.1, 0.15) is 5.50 Å². The van der Waals surface area contributed by atoms with Crippen molar-refractivity contribution in [2.24, 2.45) is 0 Å². The van der Waals surface area contributed by atoms with Gasteiger partial charge in [0.05, 0.1) is 5.75 Å². The van der Waals surface area contributed by atoms with Crippen LogP contribution < -0.4 is 21.3 Å². The standard InChI is InChI=1S/C17H24N4O3S/c1-18-14(22)9-13-10-15(23)21-17(20-13)25-11-16(24)19-8-7-12-5-3-2-4-6-12/h2-6,13,17,20H,7-11H2,1H3,(H,18,22)(H,19,24)(H,21,23). The molecule has 1 fully saturated rings. The second-order valence-electron chi connectivity index (χ2n) is 5.79. The zero-order chi connectivity index (χ0) is 18.1. The highest BCUT2D eigenvalue weighted by Crippen LogP contribution is 2.13. The van der Waals surface area contributed by atoms with Crippen LogP contribution in [0, 0.1) is 0 Å². The van der Waals surface area contributed by atoms with Crippen LogP contribution >= 0.6 is 11.8 Å². The van der Waals surface area contributed by atoms with Gasteiger partial charge in [0, 0.05) is 32.5 Å². The molecule has 1 aliphatic rings. The van der Waals surface area contributed by atoms with Crippen LogP contribution in [0.2, 0.25) is 0 Å². The zero-order valence-corrected chi connectivity index (χ0v) is 15.0. The molecule has 0 saturated carbocycles. The lowest BCUT2D eigenvalue weighted by atomic mass is 10.1. The fourth-order valence-electron chi connectivity index (χ4n) is 2.49.